The summed E-state index contributed by atoms with van der Waals surface area (Å²) < 4.78 is 0. The van der Waals surface area contributed by atoms with Gasteiger partial charge in [-0.05, 0) is 30.6 Å². The molecule has 1 saturated heterocycles. The monoisotopic (exact) mass is 270 g/mol. The molecule has 5 heteroatoms. The molecule has 1 aliphatic heterocycles. The van der Waals surface area contributed by atoms with Gasteiger partial charge in [0.1, 0.15) is 6.04 Å². The quantitative estimate of drug-likeness (QED) is 0.822. The number of carboxylic acid groups (broad SMARTS) is 1. The number of hydrogen-bond acceptors (Lipinski definition) is 2. The van der Waals surface area contributed by atoms with Crippen LogP contribution in [0.5, 0.6) is 0 Å². The number of urea groups is 1. The first-order valence-corrected chi connectivity index (χ1v) is 7.07. The molecule has 1 heterocycles. The average molecular weight is 270 g/mol. The Labute approximate surface area is 115 Å². The lowest BCUT2D eigenvalue weighted by molar-refractivity contribution is -0.139. The van der Waals surface area contributed by atoms with E-state index in [-0.39, 0.29) is 11.9 Å². The van der Waals surface area contributed by atoms with Crippen LogP contribution in [0.3, 0.4) is 0 Å². The Morgan fingerprint density at radius 1 is 1.26 bits per heavy atom. The molecule has 2 N–H and O–H groups in total. The Kier molecular flexibility index (Phi) is 5.63. The van der Waals surface area contributed by atoms with Gasteiger partial charge in [-0.1, -0.05) is 27.7 Å². The van der Waals surface area contributed by atoms with Crippen molar-refractivity contribution in [3.05, 3.63) is 0 Å². The van der Waals surface area contributed by atoms with Crippen LogP contribution >= 0.6 is 0 Å². The fourth-order valence-electron chi connectivity index (χ4n) is 2.76. The minimum atomic E-state index is -0.958. The first-order valence-electron chi connectivity index (χ1n) is 7.07. The van der Waals surface area contributed by atoms with Gasteiger partial charge in [0.25, 0.3) is 0 Å². The highest BCUT2D eigenvalue weighted by atomic mass is 16.4. The summed E-state index contributed by atoms with van der Waals surface area (Å²) in [5, 5.41) is 11.8. The topological polar surface area (TPSA) is 69.6 Å². The minimum Gasteiger partial charge on any atom is -0.480 e. The van der Waals surface area contributed by atoms with Crippen LogP contribution in [0, 0.1) is 17.8 Å². The van der Waals surface area contributed by atoms with E-state index < -0.39 is 12.0 Å². The normalized spacial score (nSPS) is 25.2. The molecule has 3 atom stereocenters. The zero-order valence-electron chi connectivity index (χ0n) is 12.3. The van der Waals surface area contributed by atoms with Crippen LogP contribution in [-0.2, 0) is 4.79 Å². The van der Waals surface area contributed by atoms with Crippen molar-refractivity contribution in [2.45, 2.75) is 46.6 Å². The lowest BCUT2D eigenvalue weighted by atomic mass is 9.92. The number of hydrogen-bond donors (Lipinski definition) is 2. The molecule has 110 valence electrons. The lowest BCUT2D eigenvalue weighted by Gasteiger charge is -2.35. The summed E-state index contributed by atoms with van der Waals surface area (Å²) >= 11 is 0. The maximum atomic E-state index is 12.1. The number of rotatable bonds is 4. The molecule has 2 amide bonds. The molecule has 0 aromatic carbocycles. The first kappa shape index (κ1) is 15.8. The number of piperidine rings is 1. The second-order valence-corrected chi connectivity index (χ2v) is 6.32. The molecule has 0 aromatic heterocycles. The highest BCUT2D eigenvalue weighted by Crippen LogP contribution is 2.21. The van der Waals surface area contributed by atoms with Crippen molar-refractivity contribution >= 4 is 12.0 Å². The van der Waals surface area contributed by atoms with Crippen LogP contribution in [-0.4, -0.2) is 41.1 Å². The first-order chi connectivity index (χ1) is 8.79. The second-order valence-electron chi connectivity index (χ2n) is 6.32. The van der Waals surface area contributed by atoms with E-state index in [1.165, 1.54) is 0 Å². The number of nitrogens with one attached hydrogen (secondary N) is 1. The summed E-state index contributed by atoms with van der Waals surface area (Å²) in [5.41, 5.74) is 0. The van der Waals surface area contributed by atoms with Crippen molar-refractivity contribution < 1.29 is 14.7 Å². The number of amides is 2. The third kappa shape index (κ3) is 5.09. The fourth-order valence-corrected chi connectivity index (χ4v) is 2.76. The maximum Gasteiger partial charge on any atom is 0.326 e. The molecule has 0 radical (unpaired) electrons. The van der Waals surface area contributed by atoms with Crippen molar-refractivity contribution in [1.82, 2.24) is 10.2 Å². The van der Waals surface area contributed by atoms with Crippen molar-refractivity contribution in [3.8, 4) is 0 Å². The van der Waals surface area contributed by atoms with Crippen LogP contribution in [0.25, 0.3) is 0 Å². The van der Waals surface area contributed by atoms with Crippen LogP contribution in [0.2, 0.25) is 0 Å². The van der Waals surface area contributed by atoms with Gasteiger partial charge in [0.15, 0.2) is 0 Å². The summed E-state index contributed by atoms with van der Waals surface area (Å²) in [6.07, 6.45) is 1.58. The average Bonchev–Trinajstić information content (AvgIpc) is 2.25. The smallest absolute Gasteiger partial charge is 0.326 e. The molecule has 0 aliphatic carbocycles. The predicted molar refractivity (Wildman–Crippen MR) is 73.9 cm³/mol. The Morgan fingerprint density at radius 2 is 1.79 bits per heavy atom. The van der Waals surface area contributed by atoms with Gasteiger partial charge in [0, 0.05) is 13.1 Å². The van der Waals surface area contributed by atoms with Gasteiger partial charge in [-0.25, -0.2) is 9.59 Å². The maximum absolute atomic E-state index is 12.1. The predicted octanol–water partition coefficient (Wildman–Crippen LogP) is 2.17. The SMILES string of the molecule is CC(C)C[C@H](NC(=O)N1C[C@@H](C)C[C@H](C)C1)C(=O)O. The van der Waals surface area contributed by atoms with Crippen LogP contribution in [0.15, 0.2) is 0 Å². The van der Waals surface area contributed by atoms with Crippen molar-refractivity contribution in [2.24, 2.45) is 17.8 Å². The van der Waals surface area contributed by atoms with Gasteiger partial charge >= 0.3 is 12.0 Å². The number of likely N-dealkylation sites (tertiary alicyclic amines) is 1. The Balaban J connectivity index is 2.58. The number of carbonyl (C=O) groups excluding carboxylic acids is 1. The van der Waals surface area contributed by atoms with E-state index >= 15 is 0 Å². The number of carboxylic acids is 1. The molecule has 0 bridgehead atoms. The molecule has 1 aliphatic rings. The highest BCUT2D eigenvalue weighted by molar-refractivity contribution is 5.82. The molecule has 1 rings (SSSR count). The van der Waals surface area contributed by atoms with Crippen molar-refractivity contribution in [3.63, 3.8) is 0 Å². The van der Waals surface area contributed by atoms with Crippen molar-refractivity contribution in [2.75, 3.05) is 13.1 Å². The van der Waals surface area contributed by atoms with E-state index in [0.717, 1.165) is 6.42 Å². The Bertz CT molecular complexity index is 321. The Hall–Kier alpha value is -1.26. The van der Waals surface area contributed by atoms with E-state index in [0.29, 0.717) is 31.3 Å². The largest absolute Gasteiger partial charge is 0.480 e. The third-order valence-electron chi connectivity index (χ3n) is 3.46. The van der Waals surface area contributed by atoms with Crippen LogP contribution in [0.4, 0.5) is 4.79 Å². The van der Waals surface area contributed by atoms with Crippen molar-refractivity contribution in [1.29, 1.82) is 0 Å². The summed E-state index contributed by atoms with van der Waals surface area (Å²) in [6.45, 7) is 9.58. The lowest BCUT2D eigenvalue weighted by Crippen LogP contribution is -2.52. The number of nitrogens with zero attached hydrogens (tertiary/aromatic N) is 1. The number of aliphatic carboxylic acids is 1. The zero-order chi connectivity index (χ0) is 14.6. The second kappa shape index (κ2) is 6.78. The van der Waals surface area contributed by atoms with Gasteiger partial charge in [0.2, 0.25) is 0 Å². The number of carbonyl (C=O) groups is 2. The van der Waals surface area contributed by atoms with Gasteiger partial charge in [0.05, 0.1) is 0 Å². The van der Waals surface area contributed by atoms with Gasteiger partial charge in [-0.2, -0.15) is 0 Å². The van der Waals surface area contributed by atoms with E-state index in [1.54, 1.807) is 4.90 Å². The van der Waals surface area contributed by atoms with Crippen LogP contribution in [0.1, 0.15) is 40.5 Å². The van der Waals surface area contributed by atoms with E-state index in [9.17, 15) is 9.59 Å². The standard InChI is InChI=1S/C14H26N2O3/c1-9(2)5-12(13(17)18)15-14(19)16-7-10(3)6-11(4)8-16/h9-12H,5-8H2,1-4H3,(H,15,19)(H,17,18)/t10-,11-,12-/m0/s1. The van der Waals surface area contributed by atoms with E-state index in [2.05, 4.69) is 19.2 Å². The fraction of sp³-hybridized carbons (Fsp3) is 0.857. The summed E-state index contributed by atoms with van der Waals surface area (Å²) in [7, 11) is 0. The van der Waals surface area contributed by atoms with Gasteiger partial charge in [-0.3, -0.25) is 0 Å². The third-order valence-corrected chi connectivity index (χ3v) is 3.46. The minimum absolute atomic E-state index is 0.237. The van der Waals surface area contributed by atoms with Crippen LogP contribution < -0.4 is 5.32 Å². The molecule has 0 saturated carbocycles. The summed E-state index contributed by atoms with van der Waals surface area (Å²) in [4.78, 5) is 25.0. The highest BCUT2D eigenvalue weighted by Gasteiger charge is 2.28. The van der Waals surface area contributed by atoms with E-state index in [4.69, 9.17) is 5.11 Å². The van der Waals surface area contributed by atoms with Gasteiger partial charge in [-0.15, -0.1) is 0 Å². The molecule has 1 fully saturated rings. The molecular formula is C14H26N2O3. The van der Waals surface area contributed by atoms with Gasteiger partial charge < -0.3 is 15.3 Å². The summed E-state index contributed by atoms with van der Waals surface area (Å²) in [6, 6.07) is -1.04. The molecule has 0 unspecified atom stereocenters. The Morgan fingerprint density at radius 3 is 2.21 bits per heavy atom. The zero-order valence-corrected chi connectivity index (χ0v) is 12.3. The molecule has 5 nitrogen and oxygen atoms in total. The molecular weight excluding hydrogens is 244 g/mol. The van der Waals surface area contributed by atoms with E-state index in [1.807, 2.05) is 13.8 Å². The molecule has 0 spiro atoms. The molecule has 0 aromatic rings. The summed E-state index contributed by atoms with van der Waals surface area (Å²) in [5.74, 6) is 0.228. The molecule has 19 heavy (non-hydrogen) atoms.